The van der Waals surface area contributed by atoms with E-state index in [2.05, 4.69) is 15.0 Å². The number of nitrogen functional groups attached to an aromatic ring is 1. The van der Waals surface area contributed by atoms with Crippen LogP contribution < -0.4 is 15.2 Å². The standard InChI is InChI=1S/C15H20N4O2/c1-9(2)20-12-7-5-11(6-8-12)13-17-14(16)19-15(18-13)21-10(3)4/h5-10H,1-4H3,(H2,16,17,18,19). The lowest BCUT2D eigenvalue weighted by Gasteiger charge is -2.11. The molecule has 6 heteroatoms. The van der Waals surface area contributed by atoms with Crippen molar-refractivity contribution < 1.29 is 9.47 Å². The van der Waals surface area contributed by atoms with E-state index in [9.17, 15) is 0 Å². The molecule has 0 saturated heterocycles. The zero-order valence-corrected chi connectivity index (χ0v) is 12.7. The Morgan fingerprint density at radius 3 is 2.05 bits per heavy atom. The number of anilines is 1. The monoisotopic (exact) mass is 288 g/mol. The van der Waals surface area contributed by atoms with Crippen LogP contribution in [0.2, 0.25) is 0 Å². The van der Waals surface area contributed by atoms with Gasteiger partial charge in [0.2, 0.25) is 5.95 Å². The SMILES string of the molecule is CC(C)Oc1ccc(-c2nc(N)nc(OC(C)C)n2)cc1. The van der Waals surface area contributed by atoms with Gasteiger partial charge in [0.25, 0.3) is 0 Å². The number of benzene rings is 1. The van der Waals surface area contributed by atoms with E-state index in [1.54, 1.807) is 0 Å². The molecule has 0 saturated carbocycles. The molecule has 0 amide bonds. The van der Waals surface area contributed by atoms with Crippen molar-refractivity contribution in [1.82, 2.24) is 15.0 Å². The molecule has 6 nitrogen and oxygen atoms in total. The van der Waals surface area contributed by atoms with Crippen molar-refractivity contribution in [2.45, 2.75) is 39.9 Å². The van der Waals surface area contributed by atoms with Gasteiger partial charge in [0.1, 0.15) is 5.75 Å². The van der Waals surface area contributed by atoms with Crippen LogP contribution in [0.1, 0.15) is 27.7 Å². The third-order valence-corrected chi connectivity index (χ3v) is 2.46. The van der Waals surface area contributed by atoms with Gasteiger partial charge in [-0.1, -0.05) is 0 Å². The van der Waals surface area contributed by atoms with E-state index in [-0.39, 0.29) is 24.2 Å². The van der Waals surface area contributed by atoms with E-state index in [4.69, 9.17) is 15.2 Å². The Hall–Kier alpha value is -2.37. The van der Waals surface area contributed by atoms with Crippen molar-refractivity contribution in [2.75, 3.05) is 5.73 Å². The van der Waals surface area contributed by atoms with Crippen molar-refractivity contribution >= 4 is 5.95 Å². The highest BCUT2D eigenvalue weighted by molar-refractivity contribution is 5.57. The number of aromatic nitrogens is 3. The molecule has 0 bridgehead atoms. The van der Waals surface area contributed by atoms with Crippen LogP contribution in [0.5, 0.6) is 11.8 Å². The number of ether oxygens (including phenoxy) is 2. The lowest BCUT2D eigenvalue weighted by Crippen LogP contribution is -2.11. The summed E-state index contributed by atoms with van der Waals surface area (Å²) in [6, 6.07) is 7.74. The maximum atomic E-state index is 5.70. The van der Waals surface area contributed by atoms with Crippen LogP contribution in [-0.2, 0) is 0 Å². The lowest BCUT2D eigenvalue weighted by atomic mass is 10.2. The van der Waals surface area contributed by atoms with E-state index in [1.807, 2.05) is 52.0 Å². The van der Waals surface area contributed by atoms with Crippen molar-refractivity contribution in [3.8, 4) is 23.1 Å². The van der Waals surface area contributed by atoms with Crippen molar-refractivity contribution in [1.29, 1.82) is 0 Å². The molecule has 112 valence electrons. The second kappa shape index (κ2) is 6.39. The summed E-state index contributed by atoms with van der Waals surface area (Å²) in [4.78, 5) is 12.4. The minimum absolute atomic E-state index is 0.0264. The summed E-state index contributed by atoms with van der Waals surface area (Å²) >= 11 is 0. The summed E-state index contributed by atoms with van der Waals surface area (Å²) < 4.78 is 11.1. The third kappa shape index (κ3) is 4.30. The van der Waals surface area contributed by atoms with E-state index < -0.39 is 0 Å². The first kappa shape index (κ1) is 15.0. The first-order valence-electron chi connectivity index (χ1n) is 6.89. The predicted molar refractivity (Wildman–Crippen MR) is 81.2 cm³/mol. The zero-order chi connectivity index (χ0) is 15.4. The average molecular weight is 288 g/mol. The molecule has 2 rings (SSSR count). The second-order valence-corrected chi connectivity index (χ2v) is 5.16. The molecule has 0 spiro atoms. The molecule has 2 N–H and O–H groups in total. The minimum atomic E-state index is -0.0264. The second-order valence-electron chi connectivity index (χ2n) is 5.16. The van der Waals surface area contributed by atoms with Gasteiger partial charge in [-0.2, -0.15) is 15.0 Å². The zero-order valence-electron chi connectivity index (χ0n) is 12.7. The highest BCUT2D eigenvalue weighted by Crippen LogP contribution is 2.22. The van der Waals surface area contributed by atoms with Crippen LogP contribution in [0.4, 0.5) is 5.95 Å². The summed E-state index contributed by atoms with van der Waals surface area (Å²) in [5.41, 5.74) is 6.53. The largest absolute Gasteiger partial charge is 0.491 e. The van der Waals surface area contributed by atoms with Gasteiger partial charge in [-0.25, -0.2) is 0 Å². The van der Waals surface area contributed by atoms with Gasteiger partial charge in [0, 0.05) is 5.56 Å². The van der Waals surface area contributed by atoms with Gasteiger partial charge in [0.05, 0.1) is 12.2 Å². The molecule has 0 atom stereocenters. The predicted octanol–water partition coefficient (Wildman–Crippen LogP) is 2.70. The highest BCUT2D eigenvalue weighted by atomic mass is 16.5. The van der Waals surface area contributed by atoms with Crippen LogP contribution in [0.15, 0.2) is 24.3 Å². The molecule has 0 radical (unpaired) electrons. The number of nitrogens with two attached hydrogens (primary N) is 1. The summed E-state index contributed by atoms with van der Waals surface area (Å²) in [5, 5.41) is 0. The Morgan fingerprint density at radius 2 is 1.48 bits per heavy atom. The molecule has 2 aromatic rings. The van der Waals surface area contributed by atoms with E-state index in [1.165, 1.54) is 0 Å². The molecule has 1 aromatic carbocycles. The fourth-order valence-electron chi connectivity index (χ4n) is 1.72. The molecule has 0 unspecified atom stereocenters. The van der Waals surface area contributed by atoms with E-state index in [0.29, 0.717) is 5.82 Å². The quantitative estimate of drug-likeness (QED) is 0.910. The summed E-state index contributed by atoms with van der Waals surface area (Å²) in [5.74, 6) is 1.42. The fourth-order valence-corrected chi connectivity index (χ4v) is 1.72. The molecular weight excluding hydrogens is 268 g/mol. The molecule has 0 aliphatic rings. The van der Waals surface area contributed by atoms with Crippen LogP contribution in [-0.4, -0.2) is 27.2 Å². The molecule has 1 heterocycles. The third-order valence-electron chi connectivity index (χ3n) is 2.46. The molecule has 0 aliphatic heterocycles. The van der Waals surface area contributed by atoms with E-state index in [0.717, 1.165) is 11.3 Å². The van der Waals surface area contributed by atoms with Crippen LogP contribution >= 0.6 is 0 Å². The summed E-state index contributed by atoms with van der Waals surface area (Å²) in [7, 11) is 0. The maximum Gasteiger partial charge on any atom is 0.322 e. The van der Waals surface area contributed by atoms with Gasteiger partial charge >= 0.3 is 6.01 Å². The summed E-state index contributed by atoms with van der Waals surface area (Å²) in [6.45, 7) is 7.77. The maximum absolute atomic E-state index is 5.70. The van der Waals surface area contributed by atoms with Gasteiger partial charge in [0.15, 0.2) is 5.82 Å². The van der Waals surface area contributed by atoms with Gasteiger partial charge in [-0.05, 0) is 52.0 Å². The lowest BCUT2D eigenvalue weighted by molar-refractivity contribution is 0.222. The first-order chi connectivity index (χ1) is 9.94. The van der Waals surface area contributed by atoms with E-state index >= 15 is 0 Å². The molecule has 1 aromatic heterocycles. The molecule has 21 heavy (non-hydrogen) atoms. The van der Waals surface area contributed by atoms with Crippen molar-refractivity contribution in [3.63, 3.8) is 0 Å². The first-order valence-corrected chi connectivity index (χ1v) is 6.89. The highest BCUT2D eigenvalue weighted by Gasteiger charge is 2.09. The number of hydrogen-bond acceptors (Lipinski definition) is 6. The summed E-state index contributed by atoms with van der Waals surface area (Å²) in [6.07, 6.45) is 0.108. The van der Waals surface area contributed by atoms with Gasteiger partial charge < -0.3 is 15.2 Å². The van der Waals surface area contributed by atoms with Crippen molar-refractivity contribution in [3.05, 3.63) is 24.3 Å². The normalized spacial score (nSPS) is 11.0. The smallest absolute Gasteiger partial charge is 0.322 e. The van der Waals surface area contributed by atoms with Gasteiger partial charge in [-0.3, -0.25) is 0 Å². The average Bonchev–Trinajstić information content (AvgIpc) is 2.37. The van der Waals surface area contributed by atoms with Gasteiger partial charge in [-0.15, -0.1) is 0 Å². The van der Waals surface area contributed by atoms with Crippen molar-refractivity contribution in [2.24, 2.45) is 0 Å². The molecule has 0 fully saturated rings. The van der Waals surface area contributed by atoms with Crippen LogP contribution in [0.3, 0.4) is 0 Å². The number of rotatable bonds is 5. The topological polar surface area (TPSA) is 83.2 Å². The Labute approximate surface area is 124 Å². The van der Waals surface area contributed by atoms with Crippen LogP contribution in [0.25, 0.3) is 11.4 Å². The number of hydrogen-bond donors (Lipinski definition) is 1. The van der Waals surface area contributed by atoms with Crippen LogP contribution in [0, 0.1) is 0 Å². The number of nitrogens with zero attached hydrogens (tertiary/aromatic N) is 3. The minimum Gasteiger partial charge on any atom is -0.491 e. The Morgan fingerprint density at radius 1 is 0.857 bits per heavy atom. The molecule has 0 aliphatic carbocycles. The fraction of sp³-hybridized carbons (Fsp3) is 0.400. The Balaban J connectivity index is 2.26. The molecular formula is C15H20N4O2. The Bertz CT molecular complexity index is 597. The Kier molecular flexibility index (Phi) is 4.57.